The zero-order valence-corrected chi connectivity index (χ0v) is 27.1. The van der Waals surface area contributed by atoms with E-state index in [9.17, 15) is 19.7 Å². The van der Waals surface area contributed by atoms with E-state index in [1.54, 1.807) is 17.9 Å². The molecule has 10 heteroatoms. The number of ether oxygens (including phenoxy) is 1. The largest absolute Gasteiger partial charge is 0.466 e. The Bertz CT molecular complexity index is 1610. The van der Waals surface area contributed by atoms with Crippen molar-refractivity contribution >= 4 is 29.7 Å². The SMILES string of the molecule is COC(=O)C1=C(C)NC(C)=C(N(C=O)CCCN2CCC(c3ccccc3)(c3ccccc3)CC2)C1c1ccc(Cl)c([N+](=O)[O-])c1. The van der Waals surface area contributed by atoms with Gasteiger partial charge in [-0.25, -0.2) is 4.79 Å². The lowest BCUT2D eigenvalue weighted by molar-refractivity contribution is -0.384. The van der Waals surface area contributed by atoms with Crippen LogP contribution in [0, 0.1) is 10.1 Å². The summed E-state index contributed by atoms with van der Waals surface area (Å²) in [6.45, 7) is 6.60. The molecule has 0 aliphatic carbocycles. The molecule has 0 aromatic heterocycles. The summed E-state index contributed by atoms with van der Waals surface area (Å²) in [6.07, 6.45) is 3.43. The van der Waals surface area contributed by atoms with E-state index >= 15 is 0 Å². The van der Waals surface area contributed by atoms with Crippen LogP contribution in [-0.4, -0.2) is 60.4 Å². The van der Waals surface area contributed by atoms with Gasteiger partial charge in [-0.2, -0.15) is 0 Å². The average molecular weight is 643 g/mol. The number of hydrogen-bond donors (Lipinski definition) is 1. The number of carbonyl (C=O) groups excluding carboxylic acids is 2. The number of esters is 1. The number of halogens is 1. The minimum Gasteiger partial charge on any atom is -0.466 e. The van der Waals surface area contributed by atoms with Gasteiger partial charge >= 0.3 is 5.97 Å². The van der Waals surface area contributed by atoms with Gasteiger partial charge < -0.3 is 19.9 Å². The van der Waals surface area contributed by atoms with E-state index in [0.29, 0.717) is 35.6 Å². The van der Waals surface area contributed by atoms with Crippen molar-refractivity contribution in [3.05, 3.63) is 133 Å². The Balaban J connectivity index is 1.34. The van der Waals surface area contributed by atoms with E-state index in [4.69, 9.17) is 16.3 Å². The molecule has 0 bridgehead atoms. The molecule has 9 nitrogen and oxygen atoms in total. The monoisotopic (exact) mass is 642 g/mol. The van der Waals surface area contributed by atoms with Gasteiger partial charge in [0.05, 0.1) is 29.2 Å². The van der Waals surface area contributed by atoms with Crippen molar-refractivity contribution in [3.63, 3.8) is 0 Å². The van der Waals surface area contributed by atoms with E-state index in [0.717, 1.165) is 38.9 Å². The predicted molar refractivity (Wildman–Crippen MR) is 178 cm³/mol. The van der Waals surface area contributed by atoms with Crippen molar-refractivity contribution in [2.45, 2.75) is 44.4 Å². The number of likely N-dealkylation sites (tertiary alicyclic amines) is 1. The number of allylic oxidation sites excluding steroid dienone is 3. The van der Waals surface area contributed by atoms with Crippen LogP contribution >= 0.6 is 11.6 Å². The molecule has 240 valence electrons. The first-order valence-electron chi connectivity index (χ1n) is 15.5. The number of amides is 1. The van der Waals surface area contributed by atoms with Gasteiger partial charge in [0, 0.05) is 29.4 Å². The molecular formula is C36H39ClN4O5. The van der Waals surface area contributed by atoms with E-state index in [1.807, 2.05) is 6.92 Å². The number of benzene rings is 3. The van der Waals surface area contributed by atoms with Gasteiger partial charge in [-0.3, -0.25) is 14.9 Å². The lowest BCUT2D eigenvalue weighted by Crippen LogP contribution is -2.44. The first-order chi connectivity index (χ1) is 22.2. The summed E-state index contributed by atoms with van der Waals surface area (Å²) in [4.78, 5) is 41.0. The van der Waals surface area contributed by atoms with Gasteiger partial charge in [-0.05, 0) is 75.5 Å². The van der Waals surface area contributed by atoms with Crippen LogP contribution in [-0.2, 0) is 19.7 Å². The minimum absolute atomic E-state index is 0.0115. The summed E-state index contributed by atoms with van der Waals surface area (Å²) >= 11 is 6.13. The third-order valence-corrected chi connectivity index (χ3v) is 9.62. The second-order valence-electron chi connectivity index (χ2n) is 11.9. The molecule has 1 amide bonds. The fourth-order valence-corrected chi connectivity index (χ4v) is 7.22. The maximum absolute atomic E-state index is 13.1. The fourth-order valence-electron chi connectivity index (χ4n) is 7.03. The first kappa shape index (κ1) is 32.9. The Morgan fingerprint density at radius 2 is 1.65 bits per heavy atom. The van der Waals surface area contributed by atoms with Crippen LogP contribution in [0.2, 0.25) is 5.02 Å². The number of nitrogens with zero attached hydrogens (tertiary/aromatic N) is 3. The third kappa shape index (κ3) is 6.57. The van der Waals surface area contributed by atoms with Gasteiger partial charge in [0.15, 0.2) is 0 Å². The first-order valence-corrected chi connectivity index (χ1v) is 15.8. The minimum atomic E-state index is -0.776. The highest BCUT2D eigenvalue weighted by molar-refractivity contribution is 6.32. The standard InChI is InChI=1S/C36H39ClN4O5/c1-25-32(35(43)46-3)33(27-15-16-30(37)31(23-27)41(44)45)34(26(2)38-25)40(24-42)20-10-19-39-21-17-36(18-22-39,28-11-6-4-7-12-28)29-13-8-5-9-14-29/h4-9,11-16,23-24,33,38H,10,17-22H2,1-3H3. The highest BCUT2D eigenvalue weighted by Crippen LogP contribution is 2.43. The van der Waals surface area contributed by atoms with E-state index in [1.165, 1.54) is 30.4 Å². The van der Waals surface area contributed by atoms with Crippen LogP contribution in [0.4, 0.5) is 5.69 Å². The summed E-state index contributed by atoms with van der Waals surface area (Å²) in [6, 6.07) is 25.9. The Morgan fingerprint density at radius 3 is 2.20 bits per heavy atom. The quantitative estimate of drug-likeness (QED) is 0.110. The molecule has 2 aliphatic heterocycles. The summed E-state index contributed by atoms with van der Waals surface area (Å²) in [5, 5.41) is 15.0. The Kier molecular flexibility index (Phi) is 10.2. The van der Waals surface area contributed by atoms with Crippen LogP contribution in [0.15, 0.2) is 102 Å². The maximum atomic E-state index is 13.1. The third-order valence-electron chi connectivity index (χ3n) is 9.30. The molecular weight excluding hydrogens is 604 g/mol. The Morgan fingerprint density at radius 1 is 1.04 bits per heavy atom. The number of rotatable bonds is 11. The molecule has 3 aromatic carbocycles. The molecule has 1 N–H and O–H groups in total. The van der Waals surface area contributed by atoms with Crippen molar-refractivity contribution in [2.75, 3.05) is 33.3 Å². The Labute approximate surface area is 274 Å². The number of nitro benzene ring substituents is 1. The molecule has 1 unspecified atom stereocenters. The molecule has 46 heavy (non-hydrogen) atoms. The van der Waals surface area contributed by atoms with Crippen molar-refractivity contribution < 1.29 is 19.2 Å². The summed E-state index contributed by atoms with van der Waals surface area (Å²) < 4.78 is 5.12. The number of piperidine rings is 1. The molecule has 0 saturated carbocycles. The van der Waals surface area contributed by atoms with Gasteiger partial charge in [0.2, 0.25) is 6.41 Å². The second kappa shape index (κ2) is 14.3. The van der Waals surface area contributed by atoms with Crippen molar-refractivity contribution in [1.29, 1.82) is 0 Å². The van der Waals surface area contributed by atoms with Gasteiger partial charge in [-0.15, -0.1) is 0 Å². The topological polar surface area (TPSA) is 105 Å². The molecule has 1 saturated heterocycles. The molecule has 1 atom stereocenters. The average Bonchev–Trinajstić information content (AvgIpc) is 3.08. The molecule has 3 aromatic rings. The molecule has 2 heterocycles. The highest BCUT2D eigenvalue weighted by atomic mass is 35.5. The lowest BCUT2D eigenvalue weighted by Gasteiger charge is -2.43. The van der Waals surface area contributed by atoms with Crippen molar-refractivity contribution in [2.24, 2.45) is 0 Å². The van der Waals surface area contributed by atoms with E-state index in [2.05, 4.69) is 70.9 Å². The van der Waals surface area contributed by atoms with Gasteiger partial charge in [-0.1, -0.05) is 78.3 Å². The van der Waals surface area contributed by atoms with Crippen LogP contribution in [0.3, 0.4) is 0 Å². The van der Waals surface area contributed by atoms with Crippen molar-refractivity contribution in [3.8, 4) is 0 Å². The van der Waals surface area contributed by atoms with Gasteiger partial charge in [0.25, 0.3) is 5.69 Å². The zero-order chi connectivity index (χ0) is 32.8. The lowest BCUT2D eigenvalue weighted by atomic mass is 9.68. The zero-order valence-electron chi connectivity index (χ0n) is 26.4. The smallest absolute Gasteiger partial charge is 0.336 e. The summed E-state index contributed by atoms with van der Waals surface area (Å²) in [5.74, 6) is -1.36. The molecule has 0 spiro atoms. The van der Waals surface area contributed by atoms with Crippen LogP contribution in [0.1, 0.15) is 55.7 Å². The molecule has 2 aliphatic rings. The summed E-state index contributed by atoms with van der Waals surface area (Å²) in [7, 11) is 1.29. The molecule has 1 fully saturated rings. The summed E-state index contributed by atoms with van der Waals surface area (Å²) in [5.41, 5.74) is 4.85. The highest BCUT2D eigenvalue weighted by Gasteiger charge is 2.39. The van der Waals surface area contributed by atoms with Gasteiger partial charge in [0.1, 0.15) is 5.02 Å². The number of dihydropyridines is 1. The number of hydrogen-bond acceptors (Lipinski definition) is 7. The maximum Gasteiger partial charge on any atom is 0.336 e. The van der Waals surface area contributed by atoms with E-state index in [-0.39, 0.29) is 21.7 Å². The fraction of sp³-hybridized carbons (Fsp3) is 0.333. The number of methoxy groups -OCH3 is 1. The number of nitro groups is 1. The van der Waals surface area contributed by atoms with Crippen LogP contribution < -0.4 is 5.32 Å². The number of nitrogens with one attached hydrogen (secondary N) is 1. The van der Waals surface area contributed by atoms with Crippen LogP contribution in [0.5, 0.6) is 0 Å². The predicted octanol–water partition coefficient (Wildman–Crippen LogP) is 6.54. The van der Waals surface area contributed by atoms with Crippen LogP contribution in [0.25, 0.3) is 0 Å². The molecule has 5 rings (SSSR count). The Hall–Kier alpha value is -4.47. The normalized spacial score (nSPS) is 18.1. The van der Waals surface area contributed by atoms with Crippen molar-refractivity contribution in [1.82, 2.24) is 15.1 Å². The van der Waals surface area contributed by atoms with E-state index < -0.39 is 16.8 Å². The number of carbonyl (C=O) groups is 2. The molecule has 0 radical (unpaired) electrons. The second-order valence-corrected chi connectivity index (χ2v) is 12.3.